The van der Waals surface area contributed by atoms with Crippen molar-refractivity contribution in [2.24, 2.45) is 40.8 Å². The van der Waals surface area contributed by atoms with Gasteiger partial charge < -0.3 is 0 Å². The molecule has 0 heterocycles. The van der Waals surface area contributed by atoms with E-state index in [1.165, 1.54) is 0 Å². The molecule has 1 unspecified atom stereocenters. The predicted molar refractivity (Wildman–Crippen MR) is 131 cm³/mol. The maximum Gasteiger partial charge on any atom is 0.248 e. The molecule has 0 aliphatic heterocycles. The molecule has 7 nitrogen and oxygen atoms in total. The van der Waals surface area contributed by atoms with Crippen LogP contribution in [0.2, 0.25) is 0 Å². The Morgan fingerprint density at radius 3 is 2.03 bits per heavy atom. The summed E-state index contributed by atoms with van der Waals surface area (Å²) in [7, 11) is 0. The second kappa shape index (κ2) is 13.3. The Bertz CT molecular complexity index is 805. The number of nitrogens with one attached hydrogen (secondary N) is 2. The van der Waals surface area contributed by atoms with Crippen LogP contribution in [0.5, 0.6) is 0 Å². The monoisotopic (exact) mass is 459 g/mol. The molecule has 0 saturated heterocycles. The second-order valence-corrected chi connectivity index (χ2v) is 10.1. The van der Waals surface area contributed by atoms with Gasteiger partial charge in [0, 0.05) is 6.42 Å². The summed E-state index contributed by atoms with van der Waals surface area (Å²) >= 11 is 0. The van der Waals surface area contributed by atoms with Crippen LogP contribution in [0.1, 0.15) is 66.4 Å². The van der Waals surface area contributed by atoms with Crippen molar-refractivity contribution in [1.29, 1.82) is 0 Å². The normalized spacial score (nSPS) is 15.5. The lowest BCUT2D eigenvalue weighted by Gasteiger charge is -2.41. The molecule has 0 bridgehead atoms. The minimum Gasteiger partial charge on any atom is -0.299 e. The highest BCUT2D eigenvalue weighted by Gasteiger charge is 2.52. The van der Waals surface area contributed by atoms with E-state index in [0.29, 0.717) is 12.8 Å². The first-order chi connectivity index (χ1) is 15.5. The maximum absolute atomic E-state index is 13.9. The number of ketones is 1. The SMILES string of the molecule is CC(C)CC(=O)C(/C=C/c1ccccc1)(CC(C)C)[C@@H](C(=O)NO)[C@@H](CC(C)C)C(=O)NN. The van der Waals surface area contributed by atoms with Crippen LogP contribution in [-0.4, -0.2) is 22.8 Å². The van der Waals surface area contributed by atoms with Gasteiger partial charge in [-0.05, 0) is 36.2 Å². The van der Waals surface area contributed by atoms with Gasteiger partial charge in [0.2, 0.25) is 11.8 Å². The molecule has 1 aromatic carbocycles. The number of Topliss-reactive ketones (excluding diaryl/α,β-unsaturated/α-hetero) is 1. The van der Waals surface area contributed by atoms with Crippen LogP contribution < -0.4 is 16.7 Å². The van der Waals surface area contributed by atoms with Crippen molar-refractivity contribution < 1.29 is 19.6 Å². The highest BCUT2D eigenvalue weighted by Crippen LogP contribution is 2.45. The summed E-state index contributed by atoms with van der Waals surface area (Å²) in [6.45, 7) is 11.7. The van der Waals surface area contributed by atoms with E-state index in [4.69, 9.17) is 5.84 Å². The molecule has 184 valence electrons. The zero-order valence-corrected chi connectivity index (χ0v) is 20.8. The molecule has 0 aliphatic rings. The standard InChI is InChI=1S/C26H41N3O4/c1-17(2)14-21(24(31)28-27)23(25(32)29-33)26(16-19(5)6,22(30)15-18(3)4)13-12-20-10-8-7-9-11-20/h7-13,17-19,21,23,33H,14-16,27H2,1-6H3,(H,28,31)(H,29,32)/b13-12+/t21-,23-,26?/m1/s1. The van der Waals surface area contributed by atoms with Gasteiger partial charge in [-0.3, -0.25) is 25.0 Å². The highest BCUT2D eigenvalue weighted by molar-refractivity contribution is 5.97. The number of hydrogen-bond donors (Lipinski definition) is 4. The molecule has 0 aromatic heterocycles. The van der Waals surface area contributed by atoms with Crippen LogP contribution in [0.3, 0.4) is 0 Å². The van der Waals surface area contributed by atoms with Crippen molar-refractivity contribution in [3.05, 3.63) is 42.0 Å². The summed E-state index contributed by atoms with van der Waals surface area (Å²) in [5.41, 5.74) is 3.47. The van der Waals surface area contributed by atoms with Crippen LogP contribution in [0.4, 0.5) is 0 Å². The van der Waals surface area contributed by atoms with Gasteiger partial charge >= 0.3 is 0 Å². The van der Waals surface area contributed by atoms with Crippen molar-refractivity contribution in [3.63, 3.8) is 0 Å². The molecular formula is C26H41N3O4. The third-order valence-electron chi connectivity index (χ3n) is 5.79. The molecule has 2 amide bonds. The summed E-state index contributed by atoms with van der Waals surface area (Å²) in [6.07, 6.45) is 4.50. The van der Waals surface area contributed by atoms with Gasteiger partial charge in [-0.25, -0.2) is 11.3 Å². The van der Waals surface area contributed by atoms with Crippen molar-refractivity contribution in [1.82, 2.24) is 10.9 Å². The number of rotatable bonds is 13. The van der Waals surface area contributed by atoms with Crippen molar-refractivity contribution in [3.8, 4) is 0 Å². The van der Waals surface area contributed by atoms with E-state index in [1.54, 1.807) is 11.6 Å². The zero-order valence-electron chi connectivity index (χ0n) is 20.8. The number of carbonyl (C=O) groups excluding carboxylic acids is 3. The fraction of sp³-hybridized carbons (Fsp3) is 0.577. The second-order valence-electron chi connectivity index (χ2n) is 10.1. The van der Waals surface area contributed by atoms with Gasteiger partial charge in [-0.2, -0.15) is 0 Å². The molecule has 1 rings (SSSR count). The Kier molecular flexibility index (Phi) is 11.5. The average molecular weight is 460 g/mol. The predicted octanol–water partition coefficient (Wildman–Crippen LogP) is 4.12. The number of carbonyl (C=O) groups is 3. The van der Waals surface area contributed by atoms with Gasteiger partial charge in [0.1, 0.15) is 5.78 Å². The average Bonchev–Trinajstić information content (AvgIpc) is 2.75. The smallest absolute Gasteiger partial charge is 0.248 e. The van der Waals surface area contributed by atoms with Gasteiger partial charge in [0.25, 0.3) is 0 Å². The summed E-state index contributed by atoms with van der Waals surface area (Å²) in [5, 5.41) is 9.69. The maximum atomic E-state index is 13.9. The van der Waals surface area contributed by atoms with Crippen LogP contribution in [-0.2, 0) is 14.4 Å². The topological polar surface area (TPSA) is 122 Å². The lowest BCUT2D eigenvalue weighted by Crippen LogP contribution is -2.54. The number of amides is 2. The third-order valence-corrected chi connectivity index (χ3v) is 5.79. The number of allylic oxidation sites excluding steroid dienone is 1. The van der Waals surface area contributed by atoms with Gasteiger partial charge in [-0.1, -0.05) is 84.0 Å². The van der Waals surface area contributed by atoms with E-state index in [0.717, 1.165) is 5.56 Å². The Labute approximate surface area is 198 Å². The fourth-order valence-electron chi connectivity index (χ4n) is 4.58. The molecule has 3 atom stereocenters. The molecule has 0 fully saturated rings. The first-order valence-electron chi connectivity index (χ1n) is 11.7. The van der Waals surface area contributed by atoms with Crippen molar-refractivity contribution in [2.45, 2.75) is 60.8 Å². The Balaban J connectivity index is 3.88. The molecule has 0 saturated carbocycles. The lowest BCUT2D eigenvalue weighted by atomic mass is 9.60. The fourth-order valence-corrected chi connectivity index (χ4v) is 4.58. The van der Waals surface area contributed by atoms with E-state index < -0.39 is 29.1 Å². The van der Waals surface area contributed by atoms with Gasteiger partial charge in [0.15, 0.2) is 0 Å². The molecule has 0 radical (unpaired) electrons. The Morgan fingerprint density at radius 2 is 1.58 bits per heavy atom. The van der Waals surface area contributed by atoms with Crippen LogP contribution in [0.25, 0.3) is 6.08 Å². The summed E-state index contributed by atoms with van der Waals surface area (Å²) < 4.78 is 0. The number of hydrazine groups is 1. The Morgan fingerprint density at radius 1 is 0.970 bits per heavy atom. The minimum absolute atomic E-state index is 0.0381. The third kappa shape index (κ3) is 8.09. The Hall–Kier alpha value is -2.51. The van der Waals surface area contributed by atoms with E-state index in [2.05, 4.69) is 5.43 Å². The number of nitrogens with two attached hydrogens (primary N) is 1. The van der Waals surface area contributed by atoms with Gasteiger partial charge in [-0.15, -0.1) is 0 Å². The highest BCUT2D eigenvalue weighted by atomic mass is 16.5. The zero-order chi connectivity index (χ0) is 25.2. The molecule has 0 spiro atoms. The summed E-state index contributed by atoms with van der Waals surface area (Å²) in [5.74, 6) is 2.17. The first kappa shape index (κ1) is 28.5. The molecule has 1 aromatic rings. The minimum atomic E-state index is -1.31. The summed E-state index contributed by atoms with van der Waals surface area (Å²) in [6, 6.07) is 9.49. The van der Waals surface area contributed by atoms with Crippen LogP contribution in [0.15, 0.2) is 36.4 Å². The van der Waals surface area contributed by atoms with E-state index in [-0.39, 0.29) is 30.0 Å². The molecule has 7 heteroatoms. The van der Waals surface area contributed by atoms with Crippen molar-refractivity contribution in [2.75, 3.05) is 0 Å². The van der Waals surface area contributed by atoms with Crippen LogP contribution >= 0.6 is 0 Å². The molecule has 0 aliphatic carbocycles. The molecule has 5 N–H and O–H groups in total. The number of hydroxylamine groups is 1. The lowest BCUT2D eigenvalue weighted by molar-refractivity contribution is -0.151. The molecular weight excluding hydrogens is 418 g/mol. The van der Waals surface area contributed by atoms with E-state index in [9.17, 15) is 19.6 Å². The number of benzene rings is 1. The quantitative estimate of drug-likeness (QED) is 0.153. The van der Waals surface area contributed by atoms with E-state index in [1.807, 2.05) is 78.0 Å². The van der Waals surface area contributed by atoms with Crippen LogP contribution in [0, 0.1) is 35.0 Å². The largest absolute Gasteiger partial charge is 0.299 e. The summed E-state index contributed by atoms with van der Waals surface area (Å²) in [4.78, 5) is 40.1. The number of hydrogen-bond acceptors (Lipinski definition) is 5. The van der Waals surface area contributed by atoms with Crippen molar-refractivity contribution >= 4 is 23.7 Å². The van der Waals surface area contributed by atoms with Gasteiger partial charge in [0.05, 0.1) is 17.3 Å². The first-order valence-corrected chi connectivity index (χ1v) is 11.7. The van der Waals surface area contributed by atoms with E-state index >= 15 is 0 Å². The molecule has 33 heavy (non-hydrogen) atoms.